The number of nitrogens with one attached hydrogen (secondary N) is 1. The summed E-state index contributed by atoms with van der Waals surface area (Å²) in [5, 5.41) is 3.38. The molecule has 1 saturated heterocycles. The average Bonchev–Trinajstić information content (AvgIpc) is 2.44. The molecule has 1 aromatic rings. The molecule has 2 rings (SSSR count). The molecular weight excluding hydrogens is 239 g/mol. The Morgan fingerprint density at radius 3 is 2.68 bits per heavy atom. The molecule has 1 atom stereocenters. The van der Waals surface area contributed by atoms with Crippen LogP contribution in [0, 0.1) is 12.7 Å². The maximum Gasteiger partial charge on any atom is 0.126 e. The van der Waals surface area contributed by atoms with Gasteiger partial charge >= 0.3 is 0 Å². The SMILES string of the molecule is CCCC[C@H](c1ccc(C)c(F)c1)N1CCNCC1. The number of rotatable bonds is 5. The van der Waals surface area contributed by atoms with Gasteiger partial charge in [0.2, 0.25) is 0 Å². The molecule has 0 saturated carbocycles. The largest absolute Gasteiger partial charge is 0.314 e. The van der Waals surface area contributed by atoms with Crippen LogP contribution in [0.3, 0.4) is 0 Å². The molecule has 0 aliphatic carbocycles. The van der Waals surface area contributed by atoms with Gasteiger partial charge in [0.15, 0.2) is 0 Å². The molecule has 19 heavy (non-hydrogen) atoms. The van der Waals surface area contributed by atoms with Gasteiger partial charge in [0.05, 0.1) is 0 Å². The summed E-state index contributed by atoms with van der Waals surface area (Å²) in [6.45, 7) is 8.23. The van der Waals surface area contributed by atoms with E-state index in [1.807, 2.05) is 13.0 Å². The van der Waals surface area contributed by atoms with Crippen LogP contribution in [0.2, 0.25) is 0 Å². The summed E-state index contributed by atoms with van der Waals surface area (Å²) >= 11 is 0. The van der Waals surface area contributed by atoms with Crippen LogP contribution in [0.25, 0.3) is 0 Å². The van der Waals surface area contributed by atoms with Gasteiger partial charge in [-0.3, -0.25) is 4.90 Å². The Labute approximate surface area is 116 Å². The molecule has 1 heterocycles. The molecule has 106 valence electrons. The van der Waals surface area contributed by atoms with Gasteiger partial charge < -0.3 is 5.32 Å². The molecule has 0 radical (unpaired) electrons. The van der Waals surface area contributed by atoms with Gasteiger partial charge in [-0.05, 0) is 30.5 Å². The van der Waals surface area contributed by atoms with Crippen LogP contribution in [-0.4, -0.2) is 31.1 Å². The average molecular weight is 264 g/mol. The van der Waals surface area contributed by atoms with Gasteiger partial charge in [-0.2, -0.15) is 0 Å². The molecule has 1 aliphatic rings. The quantitative estimate of drug-likeness (QED) is 0.878. The Bertz CT molecular complexity index is 400. The van der Waals surface area contributed by atoms with Crippen LogP contribution >= 0.6 is 0 Å². The van der Waals surface area contributed by atoms with Crippen LogP contribution in [0.4, 0.5) is 4.39 Å². The minimum atomic E-state index is -0.0749. The Balaban J connectivity index is 2.17. The number of hydrogen-bond donors (Lipinski definition) is 1. The van der Waals surface area contributed by atoms with Crippen molar-refractivity contribution < 1.29 is 4.39 Å². The molecule has 0 unspecified atom stereocenters. The minimum absolute atomic E-state index is 0.0749. The lowest BCUT2D eigenvalue weighted by Crippen LogP contribution is -2.45. The maximum absolute atomic E-state index is 13.8. The molecule has 0 aromatic heterocycles. The van der Waals surface area contributed by atoms with Gasteiger partial charge in [0.25, 0.3) is 0 Å². The van der Waals surface area contributed by atoms with E-state index in [4.69, 9.17) is 0 Å². The number of piperazine rings is 1. The summed E-state index contributed by atoms with van der Waals surface area (Å²) in [4.78, 5) is 2.50. The molecule has 0 bridgehead atoms. The monoisotopic (exact) mass is 264 g/mol. The number of benzene rings is 1. The summed E-state index contributed by atoms with van der Waals surface area (Å²) in [6, 6.07) is 6.11. The summed E-state index contributed by atoms with van der Waals surface area (Å²) in [5.41, 5.74) is 1.87. The first-order valence-electron chi connectivity index (χ1n) is 7.43. The Kier molecular flexibility index (Phi) is 5.34. The van der Waals surface area contributed by atoms with Crippen molar-refractivity contribution >= 4 is 0 Å². The summed E-state index contributed by atoms with van der Waals surface area (Å²) < 4.78 is 13.8. The fraction of sp³-hybridized carbons (Fsp3) is 0.625. The van der Waals surface area contributed by atoms with E-state index in [1.54, 1.807) is 6.07 Å². The van der Waals surface area contributed by atoms with Crippen LogP contribution < -0.4 is 5.32 Å². The molecule has 1 fully saturated rings. The molecule has 1 N–H and O–H groups in total. The predicted molar refractivity (Wildman–Crippen MR) is 77.8 cm³/mol. The van der Waals surface area contributed by atoms with E-state index in [9.17, 15) is 4.39 Å². The highest BCUT2D eigenvalue weighted by molar-refractivity contribution is 5.26. The first-order valence-corrected chi connectivity index (χ1v) is 7.43. The van der Waals surface area contributed by atoms with E-state index in [2.05, 4.69) is 23.2 Å². The summed E-state index contributed by atoms with van der Waals surface area (Å²) in [7, 11) is 0. The highest BCUT2D eigenvalue weighted by atomic mass is 19.1. The zero-order chi connectivity index (χ0) is 13.7. The van der Waals surface area contributed by atoms with Crippen LogP contribution in [0.5, 0.6) is 0 Å². The Morgan fingerprint density at radius 2 is 2.05 bits per heavy atom. The Morgan fingerprint density at radius 1 is 1.32 bits per heavy atom. The summed E-state index contributed by atoms with van der Waals surface area (Å²) in [5.74, 6) is -0.0749. The first-order chi connectivity index (χ1) is 9.22. The first kappa shape index (κ1) is 14.5. The molecule has 0 amide bonds. The number of hydrogen-bond acceptors (Lipinski definition) is 2. The second-order valence-electron chi connectivity index (χ2n) is 5.45. The normalized spacial score (nSPS) is 18.5. The van der Waals surface area contributed by atoms with E-state index >= 15 is 0 Å². The molecule has 0 spiro atoms. The standard InChI is InChI=1S/C16H25FN2/c1-3-4-5-16(19-10-8-18-9-11-19)14-7-6-13(2)15(17)12-14/h6-7,12,16,18H,3-5,8-11H2,1-2H3/t16-/m1/s1. The molecule has 1 aromatic carbocycles. The second-order valence-corrected chi connectivity index (χ2v) is 5.45. The van der Waals surface area contributed by atoms with E-state index in [-0.39, 0.29) is 5.82 Å². The number of nitrogens with zero attached hydrogens (tertiary/aromatic N) is 1. The molecular formula is C16H25FN2. The fourth-order valence-corrected chi connectivity index (χ4v) is 2.77. The van der Waals surface area contributed by atoms with Gasteiger partial charge in [-0.25, -0.2) is 4.39 Å². The van der Waals surface area contributed by atoms with E-state index in [0.717, 1.165) is 43.7 Å². The van der Waals surface area contributed by atoms with Crippen LogP contribution in [0.1, 0.15) is 43.4 Å². The third kappa shape index (κ3) is 3.77. The third-order valence-electron chi connectivity index (χ3n) is 4.00. The van der Waals surface area contributed by atoms with Crippen molar-refractivity contribution in [2.45, 2.75) is 39.2 Å². The van der Waals surface area contributed by atoms with Crippen LogP contribution in [-0.2, 0) is 0 Å². The van der Waals surface area contributed by atoms with Crippen molar-refractivity contribution in [1.82, 2.24) is 10.2 Å². The van der Waals surface area contributed by atoms with E-state index in [1.165, 1.54) is 12.8 Å². The topological polar surface area (TPSA) is 15.3 Å². The van der Waals surface area contributed by atoms with Gasteiger partial charge in [0, 0.05) is 32.2 Å². The zero-order valence-electron chi connectivity index (χ0n) is 12.1. The van der Waals surface area contributed by atoms with Crippen LogP contribution in [0.15, 0.2) is 18.2 Å². The highest BCUT2D eigenvalue weighted by Crippen LogP contribution is 2.27. The van der Waals surface area contributed by atoms with Gasteiger partial charge in [0.1, 0.15) is 5.82 Å². The zero-order valence-corrected chi connectivity index (χ0v) is 12.1. The fourth-order valence-electron chi connectivity index (χ4n) is 2.77. The molecule has 2 nitrogen and oxygen atoms in total. The van der Waals surface area contributed by atoms with Crippen molar-refractivity contribution in [1.29, 1.82) is 0 Å². The second kappa shape index (κ2) is 7.01. The maximum atomic E-state index is 13.8. The van der Waals surface area contributed by atoms with E-state index in [0.29, 0.717) is 6.04 Å². The number of unbranched alkanes of at least 4 members (excludes halogenated alkanes) is 1. The van der Waals surface area contributed by atoms with Crippen molar-refractivity contribution in [3.63, 3.8) is 0 Å². The van der Waals surface area contributed by atoms with Crippen molar-refractivity contribution in [2.24, 2.45) is 0 Å². The molecule has 1 aliphatic heterocycles. The van der Waals surface area contributed by atoms with Gasteiger partial charge in [-0.1, -0.05) is 31.9 Å². The number of halogens is 1. The third-order valence-corrected chi connectivity index (χ3v) is 4.00. The Hall–Kier alpha value is -0.930. The minimum Gasteiger partial charge on any atom is -0.314 e. The highest BCUT2D eigenvalue weighted by Gasteiger charge is 2.22. The molecule has 3 heteroatoms. The number of aryl methyl sites for hydroxylation is 1. The lowest BCUT2D eigenvalue weighted by atomic mass is 9.97. The lowest BCUT2D eigenvalue weighted by molar-refractivity contribution is 0.163. The van der Waals surface area contributed by atoms with Crippen molar-refractivity contribution in [3.8, 4) is 0 Å². The van der Waals surface area contributed by atoms with E-state index < -0.39 is 0 Å². The predicted octanol–water partition coefficient (Wildman–Crippen LogP) is 3.27. The lowest BCUT2D eigenvalue weighted by Gasteiger charge is -2.35. The van der Waals surface area contributed by atoms with Crippen molar-refractivity contribution in [2.75, 3.05) is 26.2 Å². The smallest absolute Gasteiger partial charge is 0.126 e. The van der Waals surface area contributed by atoms with Gasteiger partial charge in [-0.15, -0.1) is 0 Å². The summed E-state index contributed by atoms with van der Waals surface area (Å²) in [6.07, 6.45) is 3.51. The van der Waals surface area contributed by atoms with Crippen molar-refractivity contribution in [3.05, 3.63) is 35.1 Å².